The number of benzene rings is 2. The highest BCUT2D eigenvalue weighted by Gasteiger charge is 2.29. The topological polar surface area (TPSA) is 58.6 Å². The molecular formula is C22H21ClF2N4O2. The molecule has 1 atom stereocenters. The van der Waals surface area contributed by atoms with Crippen LogP contribution in [0.15, 0.2) is 30.6 Å². The fourth-order valence-corrected chi connectivity index (χ4v) is 4.34. The van der Waals surface area contributed by atoms with E-state index in [9.17, 15) is 9.18 Å². The summed E-state index contributed by atoms with van der Waals surface area (Å²) in [6.07, 6.45) is 1.28. The van der Waals surface area contributed by atoms with Gasteiger partial charge in [-0.2, -0.15) is 0 Å². The number of hydrogen-bond acceptors (Lipinski definition) is 5. The van der Waals surface area contributed by atoms with Crippen molar-refractivity contribution >= 4 is 34.2 Å². The normalized spacial score (nSPS) is 16.6. The minimum absolute atomic E-state index is 0.0108. The van der Waals surface area contributed by atoms with Gasteiger partial charge in [0.25, 0.3) is 0 Å². The van der Waals surface area contributed by atoms with Crippen LogP contribution in [0.4, 0.5) is 14.6 Å². The lowest BCUT2D eigenvalue weighted by atomic mass is 10.0. The number of carbonyl (C=O) groups is 1. The van der Waals surface area contributed by atoms with Crippen molar-refractivity contribution in [1.29, 1.82) is 0 Å². The molecule has 0 N–H and O–H groups in total. The summed E-state index contributed by atoms with van der Waals surface area (Å²) in [5, 5.41) is 0.451. The quantitative estimate of drug-likeness (QED) is 0.600. The molecule has 0 aliphatic carbocycles. The molecule has 1 amide bonds. The number of piperazine rings is 1. The maximum Gasteiger partial charge on any atom is 0.219 e. The zero-order valence-electron chi connectivity index (χ0n) is 17.3. The molecule has 0 bridgehead atoms. The zero-order chi connectivity index (χ0) is 22.3. The predicted molar refractivity (Wildman–Crippen MR) is 116 cm³/mol. The van der Waals surface area contributed by atoms with Gasteiger partial charge in [-0.1, -0.05) is 17.7 Å². The molecule has 3 aromatic rings. The first-order valence-corrected chi connectivity index (χ1v) is 10.2. The lowest BCUT2D eigenvalue weighted by Crippen LogP contribution is -2.53. The predicted octanol–water partition coefficient (Wildman–Crippen LogP) is 4.29. The summed E-state index contributed by atoms with van der Waals surface area (Å²) in [6, 6.07) is 5.76. The van der Waals surface area contributed by atoms with Gasteiger partial charge in [0.2, 0.25) is 5.91 Å². The van der Waals surface area contributed by atoms with Gasteiger partial charge in [0.05, 0.1) is 17.7 Å². The molecule has 1 aromatic heterocycles. The fourth-order valence-electron chi connectivity index (χ4n) is 4.05. The lowest BCUT2D eigenvalue weighted by Gasteiger charge is -2.40. The van der Waals surface area contributed by atoms with E-state index in [1.807, 2.05) is 11.8 Å². The van der Waals surface area contributed by atoms with Crippen molar-refractivity contribution < 1.29 is 18.3 Å². The minimum atomic E-state index is -0.746. The molecule has 1 fully saturated rings. The molecule has 4 rings (SSSR count). The monoisotopic (exact) mass is 446 g/mol. The van der Waals surface area contributed by atoms with Crippen molar-refractivity contribution in [3.05, 3.63) is 47.2 Å². The van der Waals surface area contributed by atoms with E-state index in [1.54, 1.807) is 17.0 Å². The molecule has 1 saturated heterocycles. The second-order valence-corrected chi connectivity index (χ2v) is 7.87. The Kier molecular flexibility index (Phi) is 5.66. The Morgan fingerprint density at radius 1 is 1.23 bits per heavy atom. The van der Waals surface area contributed by atoms with Gasteiger partial charge in [-0.05, 0) is 25.1 Å². The highest BCUT2D eigenvalue weighted by molar-refractivity contribution is 6.34. The number of fused-ring (bicyclic) bond motifs is 1. The second-order valence-electron chi connectivity index (χ2n) is 7.47. The van der Waals surface area contributed by atoms with Crippen LogP contribution in [0.1, 0.15) is 13.8 Å². The summed E-state index contributed by atoms with van der Waals surface area (Å²) >= 11 is 6.47. The van der Waals surface area contributed by atoms with Crippen molar-refractivity contribution in [2.75, 3.05) is 31.6 Å². The second kappa shape index (κ2) is 8.26. The van der Waals surface area contributed by atoms with E-state index in [2.05, 4.69) is 9.97 Å². The van der Waals surface area contributed by atoms with Crippen LogP contribution < -0.4 is 9.64 Å². The number of methoxy groups -OCH3 is 1. The molecule has 162 valence electrons. The molecule has 1 aliphatic heterocycles. The van der Waals surface area contributed by atoms with E-state index in [4.69, 9.17) is 16.3 Å². The van der Waals surface area contributed by atoms with Crippen LogP contribution >= 0.6 is 11.6 Å². The molecule has 2 heterocycles. The third kappa shape index (κ3) is 3.65. The van der Waals surface area contributed by atoms with Crippen LogP contribution in [-0.4, -0.2) is 53.6 Å². The Morgan fingerprint density at radius 3 is 2.68 bits per heavy atom. The summed E-state index contributed by atoms with van der Waals surface area (Å²) in [7, 11) is 1.38. The summed E-state index contributed by atoms with van der Waals surface area (Å²) < 4.78 is 35.5. The van der Waals surface area contributed by atoms with E-state index < -0.39 is 11.6 Å². The van der Waals surface area contributed by atoms with E-state index in [-0.39, 0.29) is 39.4 Å². The Bertz CT molecular complexity index is 1170. The SMILES string of the molecule is COc1cccc(F)c1-c1c(Cl)cc2c(N3CCN(C(C)=O)C[C@H]3C)ncnc2c1F. The Balaban J connectivity index is 1.86. The van der Waals surface area contributed by atoms with Gasteiger partial charge in [0, 0.05) is 43.5 Å². The van der Waals surface area contributed by atoms with Gasteiger partial charge in [0.1, 0.15) is 29.2 Å². The van der Waals surface area contributed by atoms with E-state index in [0.717, 1.165) is 0 Å². The molecule has 2 aromatic carbocycles. The standard InChI is InChI=1S/C22H21ClF2N4O2/c1-12-10-28(13(2)30)7-8-29(12)22-14-9-15(23)18(20(25)21(14)26-11-27-22)19-16(24)5-4-6-17(19)31-3/h4-6,9,11-12H,7-8,10H2,1-3H3/t12-/m1/s1. The van der Waals surface area contributed by atoms with E-state index in [0.29, 0.717) is 30.8 Å². The first-order chi connectivity index (χ1) is 14.8. The third-order valence-electron chi connectivity index (χ3n) is 5.59. The number of nitrogens with zero attached hydrogens (tertiary/aromatic N) is 4. The molecule has 0 unspecified atom stereocenters. The Morgan fingerprint density at radius 2 is 2.00 bits per heavy atom. The van der Waals surface area contributed by atoms with Crippen LogP contribution in [0.5, 0.6) is 5.75 Å². The fraction of sp³-hybridized carbons (Fsp3) is 0.318. The number of amides is 1. The molecule has 9 heteroatoms. The van der Waals surface area contributed by atoms with Crippen LogP contribution in [0.2, 0.25) is 5.02 Å². The summed E-state index contributed by atoms with van der Waals surface area (Å²) in [6.45, 7) is 5.11. The number of carbonyl (C=O) groups excluding carboxylic acids is 1. The zero-order valence-corrected chi connectivity index (χ0v) is 18.1. The van der Waals surface area contributed by atoms with Gasteiger partial charge >= 0.3 is 0 Å². The first kappa shape index (κ1) is 21.2. The number of anilines is 1. The third-order valence-corrected chi connectivity index (χ3v) is 5.89. The number of aromatic nitrogens is 2. The van der Waals surface area contributed by atoms with Crippen molar-refractivity contribution in [1.82, 2.24) is 14.9 Å². The maximum atomic E-state index is 15.7. The minimum Gasteiger partial charge on any atom is -0.496 e. The number of ether oxygens (including phenoxy) is 1. The van der Waals surface area contributed by atoms with Crippen LogP contribution in [0.3, 0.4) is 0 Å². The summed E-state index contributed by atoms with van der Waals surface area (Å²) in [5.41, 5.74) is -0.128. The highest BCUT2D eigenvalue weighted by atomic mass is 35.5. The summed E-state index contributed by atoms with van der Waals surface area (Å²) in [4.78, 5) is 24.0. The Hall–Kier alpha value is -3.00. The molecule has 1 aliphatic rings. The highest BCUT2D eigenvalue weighted by Crippen LogP contribution is 2.42. The number of hydrogen-bond donors (Lipinski definition) is 0. The number of rotatable bonds is 3. The largest absolute Gasteiger partial charge is 0.496 e. The van der Waals surface area contributed by atoms with Gasteiger partial charge in [0.15, 0.2) is 5.82 Å². The molecule has 0 radical (unpaired) electrons. The lowest BCUT2D eigenvalue weighted by molar-refractivity contribution is -0.129. The molecule has 6 nitrogen and oxygen atoms in total. The van der Waals surface area contributed by atoms with Crippen molar-refractivity contribution in [3.8, 4) is 16.9 Å². The molecule has 0 saturated carbocycles. The Labute approximate surface area is 183 Å². The van der Waals surface area contributed by atoms with Crippen LogP contribution in [-0.2, 0) is 4.79 Å². The van der Waals surface area contributed by atoms with Gasteiger partial charge in [-0.25, -0.2) is 18.7 Å². The molecule has 0 spiro atoms. The number of halogens is 3. The van der Waals surface area contributed by atoms with Gasteiger partial charge in [-0.3, -0.25) is 4.79 Å². The summed E-state index contributed by atoms with van der Waals surface area (Å²) in [5.74, 6) is -0.694. The molecular weight excluding hydrogens is 426 g/mol. The van der Waals surface area contributed by atoms with Crippen molar-refractivity contribution in [2.45, 2.75) is 19.9 Å². The van der Waals surface area contributed by atoms with Crippen molar-refractivity contribution in [3.63, 3.8) is 0 Å². The van der Waals surface area contributed by atoms with Crippen molar-refractivity contribution in [2.24, 2.45) is 0 Å². The van der Waals surface area contributed by atoms with Crippen LogP contribution in [0, 0.1) is 11.6 Å². The van der Waals surface area contributed by atoms with Gasteiger partial charge < -0.3 is 14.5 Å². The molecule has 31 heavy (non-hydrogen) atoms. The van der Waals surface area contributed by atoms with Crippen LogP contribution in [0.25, 0.3) is 22.0 Å². The average Bonchev–Trinajstić information content (AvgIpc) is 2.74. The average molecular weight is 447 g/mol. The van der Waals surface area contributed by atoms with E-state index >= 15 is 4.39 Å². The smallest absolute Gasteiger partial charge is 0.219 e. The first-order valence-electron chi connectivity index (χ1n) is 9.81. The van der Waals surface area contributed by atoms with Gasteiger partial charge in [-0.15, -0.1) is 0 Å². The van der Waals surface area contributed by atoms with E-state index in [1.165, 1.54) is 32.5 Å². The maximum absolute atomic E-state index is 15.7.